The molecule has 2 aromatic carbocycles. The van der Waals surface area contributed by atoms with Crippen LogP contribution in [-0.2, 0) is 0 Å². The fourth-order valence-electron chi connectivity index (χ4n) is 3.30. The van der Waals surface area contributed by atoms with Gasteiger partial charge in [-0.2, -0.15) is 4.98 Å². The maximum Gasteiger partial charge on any atom is 0.225 e. The van der Waals surface area contributed by atoms with Crippen LogP contribution in [0.3, 0.4) is 0 Å². The molecule has 1 heterocycles. The fourth-order valence-corrected chi connectivity index (χ4v) is 3.30. The summed E-state index contributed by atoms with van der Waals surface area (Å²) in [4.78, 5) is 9.38. The van der Waals surface area contributed by atoms with E-state index in [0.29, 0.717) is 12.0 Å². The van der Waals surface area contributed by atoms with Crippen molar-refractivity contribution in [1.82, 2.24) is 9.97 Å². The summed E-state index contributed by atoms with van der Waals surface area (Å²) < 4.78 is 0. The molecule has 1 aliphatic carbocycles. The van der Waals surface area contributed by atoms with Gasteiger partial charge < -0.3 is 15.7 Å². The van der Waals surface area contributed by atoms with Crippen LogP contribution in [0.2, 0.25) is 0 Å². The molecule has 1 fully saturated rings. The van der Waals surface area contributed by atoms with Crippen LogP contribution in [-0.4, -0.2) is 27.2 Å². The average molecular weight is 371 g/mol. The number of rotatable bonds is 4. The number of hydrogen-bond acceptors (Lipinski definition) is 5. The molecule has 3 N–H and O–H groups in total. The van der Waals surface area contributed by atoms with Gasteiger partial charge in [-0.15, -0.1) is 12.4 Å². The number of hydrogen-bond donors (Lipinski definition) is 3. The van der Waals surface area contributed by atoms with Gasteiger partial charge in [0.05, 0.1) is 11.6 Å². The number of anilines is 3. The van der Waals surface area contributed by atoms with Gasteiger partial charge in [-0.25, -0.2) is 4.98 Å². The van der Waals surface area contributed by atoms with Gasteiger partial charge >= 0.3 is 0 Å². The number of para-hydroxylation sites is 2. The first-order chi connectivity index (χ1) is 12.3. The van der Waals surface area contributed by atoms with Gasteiger partial charge in [0.15, 0.2) is 0 Å². The maximum atomic E-state index is 9.67. The first kappa shape index (κ1) is 18.4. The van der Waals surface area contributed by atoms with E-state index in [2.05, 4.69) is 15.6 Å². The third-order valence-corrected chi connectivity index (χ3v) is 4.67. The quantitative estimate of drug-likeness (QED) is 0.630. The van der Waals surface area contributed by atoms with E-state index in [0.717, 1.165) is 48.1 Å². The molecule has 0 bridgehead atoms. The summed E-state index contributed by atoms with van der Waals surface area (Å²) in [5.74, 6) is 1.44. The van der Waals surface area contributed by atoms with Gasteiger partial charge in [-0.05, 0) is 49.9 Å². The molecule has 136 valence electrons. The third-order valence-electron chi connectivity index (χ3n) is 4.67. The highest BCUT2D eigenvalue weighted by molar-refractivity contribution is 5.91. The van der Waals surface area contributed by atoms with Crippen LogP contribution in [0.15, 0.2) is 54.6 Å². The van der Waals surface area contributed by atoms with Crippen LogP contribution in [0.25, 0.3) is 10.9 Å². The standard InChI is InChI=1S/C20H22N4O.ClH/c25-16-12-10-15(11-13-16)22-20-23-18-9-5-4-8-17(18)19(24-20)21-14-6-2-1-3-7-14;/h1-9,15-16,25H,10-13H2,(H2,21,22,23,24);1H/t15-,16-;. The minimum absolute atomic E-state index is 0. The molecule has 1 saturated carbocycles. The van der Waals surface area contributed by atoms with Crippen molar-refractivity contribution in [2.24, 2.45) is 0 Å². The molecule has 6 heteroatoms. The third kappa shape index (κ3) is 4.23. The number of benzene rings is 2. The van der Waals surface area contributed by atoms with Crippen LogP contribution >= 0.6 is 12.4 Å². The summed E-state index contributed by atoms with van der Waals surface area (Å²) in [6.07, 6.45) is 3.39. The Morgan fingerprint density at radius 3 is 2.31 bits per heavy atom. The lowest BCUT2D eigenvalue weighted by Crippen LogP contribution is -2.29. The van der Waals surface area contributed by atoms with Gasteiger partial charge in [0.2, 0.25) is 5.95 Å². The summed E-state index contributed by atoms with van der Waals surface area (Å²) in [5.41, 5.74) is 1.91. The molecule has 5 nitrogen and oxygen atoms in total. The Balaban J connectivity index is 0.00000196. The van der Waals surface area contributed by atoms with Gasteiger partial charge in [0.25, 0.3) is 0 Å². The van der Waals surface area contributed by atoms with E-state index in [1.807, 2.05) is 54.6 Å². The first-order valence-electron chi connectivity index (χ1n) is 8.81. The van der Waals surface area contributed by atoms with Crippen molar-refractivity contribution in [3.8, 4) is 0 Å². The monoisotopic (exact) mass is 370 g/mol. The van der Waals surface area contributed by atoms with Crippen molar-refractivity contribution in [3.05, 3.63) is 54.6 Å². The number of aliphatic hydroxyl groups excluding tert-OH is 1. The maximum absolute atomic E-state index is 9.67. The Bertz CT molecular complexity index is 851. The summed E-state index contributed by atoms with van der Waals surface area (Å²) >= 11 is 0. The number of aromatic nitrogens is 2. The van der Waals surface area contributed by atoms with Gasteiger partial charge in [-0.3, -0.25) is 0 Å². The number of nitrogens with zero attached hydrogens (tertiary/aromatic N) is 2. The Kier molecular flexibility index (Phi) is 5.91. The molecule has 3 aromatic rings. The predicted octanol–water partition coefficient (Wildman–Crippen LogP) is 4.51. The molecule has 0 amide bonds. The molecule has 0 radical (unpaired) electrons. The van der Waals surface area contributed by atoms with Crippen LogP contribution in [0.4, 0.5) is 17.5 Å². The largest absolute Gasteiger partial charge is 0.393 e. The highest BCUT2D eigenvalue weighted by Gasteiger charge is 2.20. The molecule has 0 saturated heterocycles. The molecule has 0 atom stereocenters. The lowest BCUT2D eigenvalue weighted by Gasteiger charge is -2.26. The van der Waals surface area contributed by atoms with Crippen molar-refractivity contribution in [2.75, 3.05) is 10.6 Å². The van der Waals surface area contributed by atoms with Crippen LogP contribution in [0.5, 0.6) is 0 Å². The predicted molar refractivity (Wildman–Crippen MR) is 108 cm³/mol. The molecular formula is C20H23ClN4O. The lowest BCUT2D eigenvalue weighted by molar-refractivity contribution is 0.126. The van der Waals surface area contributed by atoms with E-state index in [1.165, 1.54) is 0 Å². The fraction of sp³-hybridized carbons (Fsp3) is 0.300. The normalized spacial score (nSPS) is 19.6. The molecule has 26 heavy (non-hydrogen) atoms. The second-order valence-electron chi connectivity index (χ2n) is 6.55. The van der Waals surface area contributed by atoms with E-state index in [1.54, 1.807) is 0 Å². The minimum Gasteiger partial charge on any atom is -0.393 e. The average Bonchev–Trinajstić information content (AvgIpc) is 2.65. The first-order valence-corrected chi connectivity index (χ1v) is 8.81. The van der Waals surface area contributed by atoms with Crippen molar-refractivity contribution >= 4 is 40.8 Å². The minimum atomic E-state index is -0.161. The van der Waals surface area contributed by atoms with E-state index in [9.17, 15) is 5.11 Å². The molecule has 4 rings (SSSR count). The molecule has 0 unspecified atom stereocenters. The summed E-state index contributed by atoms with van der Waals surface area (Å²) in [6, 6.07) is 18.4. The number of fused-ring (bicyclic) bond motifs is 1. The SMILES string of the molecule is Cl.O[C@H]1CC[C@H](Nc2nc(Nc3ccccc3)c3ccccc3n2)CC1. The van der Waals surface area contributed by atoms with Crippen molar-refractivity contribution in [3.63, 3.8) is 0 Å². The van der Waals surface area contributed by atoms with Crippen molar-refractivity contribution in [1.29, 1.82) is 0 Å². The summed E-state index contributed by atoms with van der Waals surface area (Å²) in [6.45, 7) is 0. The second-order valence-corrected chi connectivity index (χ2v) is 6.55. The van der Waals surface area contributed by atoms with E-state index in [4.69, 9.17) is 4.98 Å². The van der Waals surface area contributed by atoms with Crippen LogP contribution in [0, 0.1) is 0 Å². The lowest BCUT2D eigenvalue weighted by atomic mass is 9.93. The van der Waals surface area contributed by atoms with Crippen LogP contribution in [0.1, 0.15) is 25.7 Å². The zero-order chi connectivity index (χ0) is 17.1. The summed E-state index contributed by atoms with van der Waals surface area (Å²) in [5, 5.41) is 17.5. The Morgan fingerprint density at radius 2 is 1.54 bits per heavy atom. The van der Waals surface area contributed by atoms with Crippen molar-refractivity contribution < 1.29 is 5.11 Å². The molecule has 0 spiro atoms. The Labute approximate surface area is 159 Å². The Morgan fingerprint density at radius 1 is 0.846 bits per heavy atom. The zero-order valence-corrected chi connectivity index (χ0v) is 15.2. The van der Waals surface area contributed by atoms with E-state index < -0.39 is 0 Å². The van der Waals surface area contributed by atoms with E-state index >= 15 is 0 Å². The second kappa shape index (κ2) is 8.34. The van der Waals surface area contributed by atoms with E-state index in [-0.39, 0.29) is 18.5 Å². The highest BCUT2D eigenvalue weighted by Crippen LogP contribution is 2.27. The molecule has 1 aliphatic rings. The topological polar surface area (TPSA) is 70.1 Å². The number of aliphatic hydroxyl groups is 1. The van der Waals surface area contributed by atoms with Crippen LogP contribution < -0.4 is 10.6 Å². The number of nitrogens with one attached hydrogen (secondary N) is 2. The Hall–Kier alpha value is -2.37. The van der Waals surface area contributed by atoms with Gasteiger partial charge in [0, 0.05) is 17.1 Å². The number of halogens is 1. The van der Waals surface area contributed by atoms with Crippen molar-refractivity contribution in [2.45, 2.75) is 37.8 Å². The molecule has 0 aliphatic heterocycles. The molecular weight excluding hydrogens is 348 g/mol. The van der Waals surface area contributed by atoms with Gasteiger partial charge in [-0.1, -0.05) is 30.3 Å². The summed E-state index contributed by atoms with van der Waals surface area (Å²) in [7, 11) is 0. The zero-order valence-electron chi connectivity index (χ0n) is 14.4. The highest BCUT2D eigenvalue weighted by atomic mass is 35.5. The molecule has 1 aromatic heterocycles. The smallest absolute Gasteiger partial charge is 0.225 e. The van der Waals surface area contributed by atoms with Gasteiger partial charge in [0.1, 0.15) is 5.82 Å².